The van der Waals surface area contributed by atoms with Crippen LogP contribution in [0.25, 0.3) is 5.76 Å². The van der Waals surface area contributed by atoms with Crippen LogP contribution in [0, 0.1) is 0 Å². The summed E-state index contributed by atoms with van der Waals surface area (Å²) in [6.45, 7) is 4.51. The number of fused-ring (bicyclic) bond motifs is 1. The summed E-state index contributed by atoms with van der Waals surface area (Å²) in [6.07, 6.45) is 20.0. The zero-order valence-corrected chi connectivity index (χ0v) is 21.3. The Balaban J connectivity index is 1.46. The lowest BCUT2D eigenvalue weighted by molar-refractivity contribution is -0.114. The summed E-state index contributed by atoms with van der Waals surface area (Å²) in [5.41, 5.74) is 6.50. The van der Waals surface area contributed by atoms with E-state index in [4.69, 9.17) is 4.74 Å². The molecule has 1 unspecified atom stereocenters. The molecule has 2 aliphatic rings. The molecular formula is C33H38O2. The van der Waals surface area contributed by atoms with Crippen molar-refractivity contribution in [2.75, 3.05) is 0 Å². The Hall–Kier alpha value is -3.13. The summed E-state index contributed by atoms with van der Waals surface area (Å²) < 4.78 is 6.38. The van der Waals surface area contributed by atoms with Crippen molar-refractivity contribution in [3.8, 4) is 5.75 Å². The maximum Gasteiger partial charge on any atom is 0.159 e. The van der Waals surface area contributed by atoms with Crippen LogP contribution in [0.1, 0.15) is 87.8 Å². The van der Waals surface area contributed by atoms with Gasteiger partial charge in [0.25, 0.3) is 0 Å². The monoisotopic (exact) mass is 466 g/mol. The Labute approximate surface area is 211 Å². The van der Waals surface area contributed by atoms with Gasteiger partial charge in [0.1, 0.15) is 11.5 Å². The van der Waals surface area contributed by atoms with E-state index in [1.165, 1.54) is 28.7 Å². The fraction of sp³-hybridized carbons (Fsp3) is 0.364. The smallest absolute Gasteiger partial charge is 0.159 e. The van der Waals surface area contributed by atoms with Gasteiger partial charge in [0, 0.05) is 18.1 Å². The molecule has 182 valence electrons. The molecule has 0 radical (unpaired) electrons. The molecular weight excluding hydrogens is 428 g/mol. The van der Waals surface area contributed by atoms with E-state index in [9.17, 15) is 4.79 Å². The Morgan fingerprint density at radius 1 is 1.00 bits per heavy atom. The highest BCUT2D eigenvalue weighted by Crippen LogP contribution is 2.32. The molecule has 0 spiro atoms. The van der Waals surface area contributed by atoms with Gasteiger partial charge in [-0.05, 0) is 93.0 Å². The van der Waals surface area contributed by atoms with Crippen molar-refractivity contribution in [2.45, 2.75) is 77.6 Å². The topological polar surface area (TPSA) is 26.3 Å². The minimum absolute atomic E-state index is 0.139. The summed E-state index contributed by atoms with van der Waals surface area (Å²) >= 11 is 0. The van der Waals surface area contributed by atoms with Crippen molar-refractivity contribution in [2.24, 2.45) is 0 Å². The van der Waals surface area contributed by atoms with Gasteiger partial charge in [-0.1, -0.05) is 73.2 Å². The van der Waals surface area contributed by atoms with E-state index in [1.54, 1.807) is 6.08 Å². The molecule has 0 heterocycles. The first-order valence-corrected chi connectivity index (χ1v) is 13.3. The van der Waals surface area contributed by atoms with Crippen LogP contribution in [0.4, 0.5) is 0 Å². The van der Waals surface area contributed by atoms with Gasteiger partial charge >= 0.3 is 0 Å². The van der Waals surface area contributed by atoms with Crippen LogP contribution in [0.3, 0.4) is 0 Å². The Kier molecular flexibility index (Phi) is 8.95. The average molecular weight is 467 g/mol. The van der Waals surface area contributed by atoms with Gasteiger partial charge in [0.15, 0.2) is 5.78 Å². The molecule has 2 aromatic rings. The molecule has 0 saturated heterocycles. The quantitative estimate of drug-likeness (QED) is 0.388. The average Bonchev–Trinajstić information content (AvgIpc) is 2.84. The molecule has 2 nitrogen and oxygen atoms in total. The van der Waals surface area contributed by atoms with Crippen molar-refractivity contribution < 1.29 is 9.53 Å². The van der Waals surface area contributed by atoms with E-state index in [1.807, 2.05) is 12.1 Å². The van der Waals surface area contributed by atoms with Gasteiger partial charge in [0.05, 0.1) is 0 Å². The number of hydrogen-bond acceptors (Lipinski definition) is 2. The second-order valence-corrected chi connectivity index (χ2v) is 9.86. The third-order valence-corrected chi connectivity index (χ3v) is 7.10. The lowest BCUT2D eigenvalue weighted by atomic mass is 9.90. The van der Waals surface area contributed by atoms with Crippen molar-refractivity contribution in [1.82, 2.24) is 0 Å². The molecule has 0 bridgehead atoms. The number of carbonyl (C=O) groups is 1. The number of aryl methyl sites for hydroxylation is 1. The Bertz CT molecular complexity index is 1150. The maximum absolute atomic E-state index is 12.4. The number of rotatable bonds is 8. The molecule has 0 aromatic heterocycles. The standard InChI is InChI=1S/C33H38O2/c1-3-27(16-9-14-26-13-6-4-5-12-25(2)22-26)29-18-11-20-31(23-29)35-33-24-30(34)19-10-17-28-15-7-8-21-32(28)33/h4,6-8,11,13,15,18,20-24,27H,3,5,9-10,12,14,16-17,19H2,1-2H3. The number of hydrogen-bond donors (Lipinski definition) is 0. The van der Waals surface area contributed by atoms with Crippen molar-refractivity contribution in [1.29, 1.82) is 0 Å². The highest BCUT2D eigenvalue weighted by atomic mass is 16.5. The zero-order valence-electron chi connectivity index (χ0n) is 21.3. The van der Waals surface area contributed by atoms with Gasteiger partial charge < -0.3 is 4.74 Å². The van der Waals surface area contributed by atoms with E-state index >= 15 is 0 Å². The Morgan fingerprint density at radius 2 is 1.89 bits per heavy atom. The fourth-order valence-corrected chi connectivity index (χ4v) is 5.12. The van der Waals surface area contributed by atoms with Crippen molar-refractivity contribution in [3.05, 3.63) is 107 Å². The SMILES string of the molecule is CCC(CCCC1=CC=CCCC(C)=C1)c1cccc(OC2=CC(=O)CCCc3ccccc32)c1. The second kappa shape index (κ2) is 12.5. The number of carbonyl (C=O) groups excluding carboxylic acids is 1. The van der Waals surface area contributed by atoms with Crippen LogP contribution in [-0.2, 0) is 11.2 Å². The molecule has 1 atom stereocenters. The highest BCUT2D eigenvalue weighted by Gasteiger charge is 2.17. The normalized spacial score (nSPS) is 17.1. The van der Waals surface area contributed by atoms with E-state index in [0.29, 0.717) is 18.1 Å². The number of allylic oxidation sites excluding steroid dienone is 7. The largest absolute Gasteiger partial charge is 0.457 e. The van der Waals surface area contributed by atoms with Crippen LogP contribution in [0.5, 0.6) is 5.75 Å². The molecule has 2 aliphatic carbocycles. The number of ether oxygens (including phenoxy) is 1. The highest BCUT2D eigenvalue weighted by molar-refractivity contribution is 5.96. The third kappa shape index (κ3) is 7.18. The predicted molar refractivity (Wildman–Crippen MR) is 147 cm³/mol. The number of benzene rings is 2. The second-order valence-electron chi connectivity index (χ2n) is 9.86. The molecule has 0 N–H and O–H groups in total. The molecule has 0 fully saturated rings. The molecule has 35 heavy (non-hydrogen) atoms. The minimum atomic E-state index is 0.139. The van der Waals surface area contributed by atoms with E-state index < -0.39 is 0 Å². The summed E-state index contributed by atoms with van der Waals surface area (Å²) in [6, 6.07) is 16.8. The van der Waals surface area contributed by atoms with Crippen molar-refractivity contribution in [3.63, 3.8) is 0 Å². The van der Waals surface area contributed by atoms with Gasteiger partial charge in [-0.2, -0.15) is 0 Å². The van der Waals surface area contributed by atoms with Crippen LogP contribution in [0.15, 0.2) is 90.1 Å². The van der Waals surface area contributed by atoms with Crippen LogP contribution in [0.2, 0.25) is 0 Å². The fourth-order valence-electron chi connectivity index (χ4n) is 5.12. The zero-order chi connectivity index (χ0) is 24.5. The van der Waals surface area contributed by atoms with Gasteiger partial charge in [-0.3, -0.25) is 4.79 Å². The van der Waals surface area contributed by atoms with Crippen LogP contribution < -0.4 is 4.74 Å². The van der Waals surface area contributed by atoms with E-state index in [0.717, 1.165) is 56.3 Å². The first-order chi connectivity index (χ1) is 17.1. The molecule has 0 saturated carbocycles. The lowest BCUT2D eigenvalue weighted by Crippen LogP contribution is -2.07. The molecule has 0 aliphatic heterocycles. The first-order valence-electron chi connectivity index (χ1n) is 13.3. The predicted octanol–water partition coefficient (Wildman–Crippen LogP) is 8.90. The summed E-state index contributed by atoms with van der Waals surface area (Å²) in [5.74, 6) is 2.11. The third-order valence-electron chi connectivity index (χ3n) is 7.10. The van der Waals surface area contributed by atoms with Crippen LogP contribution >= 0.6 is 0 Å². The number of ketones is 1. The molecule has 2 heteroatoms. The van der Waals surface area contributed by atoms with E-state index in [-0.39, 0.29) is 5.78 Å². The Morgan fingerprint density at radius 3 is 2.77 bits per heavy atom. The van der Waals surface area contributed by atoms with Crippen LogP contribution in [-0.4, -0.2) is 5.78 Å². The lowest BCUT2D eigenvalue weighted by Gasteiger charge is -2.19. The van der Waals surface area contributed by atoms with E-state index in [2.05, 4.69) is 74.5 Å². The maximum atomic E-state index is 12.4. The van der Waals surface area contributed by atoms with Gasteiger partial charge in [-0.15, -0.1) is 0 Å². The van der Waals surface area contributed by atoms with Crippen molar-refractivity contribution >= 4 is 11.5 Å². The molecule has 0 amide bonds. The molecule has 4 rings (SSSR count). The van der Waals surface area contributed by atoms with Gasteiger partial charge in [-0.25, -0.2) is 0 Å². The minimum Gasteiger partial charge on any atom is -0.457 e. The summed E-state index contributed by atoms with van der Waals surface area (Å²) in [7, 11) is 0. The van der Waals surface area contributed by atoms with Gasteiger partial charge in [0.2, 0.25) is 0 Å². The summed E-state index contributed by atoms with van der Waals surface area (Å²) in [5, 5.41) is 0. The summed E-state index contributed by atoms with van der Waals surface area (Å²) in [4.78, 5) is 12.4. The first kappa shape index (κ1) is 25.0. The molecule has 2 aromatic carbocycles.